The molecule has 1 atom stereocenters. The third kappa shape index (κ3) is 5.06. The van der Waals surface area contributed by atoms with Gasteiger partial charge >= 0.3 is 0 Å². The Morgan fingerprint density at radius 3 is 1.80 bits per heavy atom. The Balaban J connectivity index is 1.14. The van der Waals surface area contributed by atoms with Crippen LogP contribution in [0.4, 0.5) is 0 Å². The van der Waals surface area contributed by atoms with E-state index in [-0.39, 0.29) is 0 Å². The van der Waals surface area contributed by atoms with Crippen LogP contribution in [-0.2, 0) is 5.41 Å². The third-order valence-electron chi connectivity index (χ3n) is 12.2. The molecule has 5 heteroatoms. The molecule has 8 aromatic carbocycles. The van der Waals surface area contributed by atoms with E-state index in [0.29, 0.717) is 17.6 Å². The fourth-order valence-electron chi connectivity index (χ4n) is 9.70. The van der Waals surface area contributed by atoms with Crippen molar-refractivity contribution in [1.82, 2.24) is 24.5 Å². The number of hydrogen-bond donors (Lipinski definition) is 0. The van der Waals surface area contributed by atoms with E-state index in [0.717, 1.165) is 44.1 Å². The first-order valence-electron chi connectivity index (χ1n) is 20.3. The fraction of sp³-hybridized carbons (Fsp3) is 0.0182. The van der Waals surface area contributed by atoms with E-state index in [2.05, 4.69) is 173 Å². The highest BCUT2D eigenvalue weighted by molar-refractivity contribution is 6.22. The minimum Gasteiger partial charge on any atom is -0.278 e. The maximum Gasteiger partial charge on any atom is 0.238 e. The molecular formula is C55H35N5. The van der Waals surface area contributed by atoms with Crippen molar-refractivity contribution in [3.8, 4) is 51.0 Å². The number of rotatable bonds is 6. The molecule has 3 heterocycles. The number of fused-ring (bicyclic) bond motifs is 8. The highest BCUT2D eigenvalue weighted by Crippen LogP contribution is 2.58. The molecule has 0 fully saturated rings. The van der Waals surface area contributed by atoms with Crippen LogP contribution in [0.25, 0.3) is 83.6 Å². The summed E-state index contributed by atoms with van der Waals surface area (Å²) < 4.78 is 2.22. The summed E-state index contributed by atoms with van der Waals surface area (Å²) in [7, 11) is 0. The molecule has 0 spiro atoms. The van der Waals surface area contributed by atoms with Crippen LogP contribution in [0.1, 0.15) is 22.3 Å². The van der Waals surface area contributed by atoms with Crippen molar-refractivity contribution in [3.05, 3.63) is 235 Å². The van der Waals surface area contributed by atoms with Gasteiger partial charge in [-0.2, -0.15) is 9.97 Å². The monoisotopic (exact) mass is 765 g/mol. The van der Waals surface area contributed by atoms with Gasteiger partial charge in [0.1, 0.15) is 0 Å². The third-order valence-corrected chi connectivity index (χ3v) is 12.2. The Hall–Kier alpha value is -8.02. The molecule has 3 aromatic heterocycles. The summed E-state index contributed by atoms with van der Waals surface area (Å²) in [5, 5.41) is 4.65. The molecule has 0 radical (unpaired) electrons. The second-order valence-electron chi connectivity index (χ2n) is 15.4. The van der Waals surface area contributed by atoms with Crippen molar-refractivity contribution < 1.29 is 0 Å². The summed E-state index contributed by atoms with van der Waals surface area (Å²) in [6.07, 6.45) is 3.89. The fourth-order valence-corrected chi connectivity index (χ4v) is 9.70. The van der Waals surface area contributed by atoms with Crippen molar-refractivity contribution in [3.63, 3.8) is 0 Å². The van der Waals surface area contributed by atoms with Gasteiger partial charge < -0.3 is 0 Å². The zero-order chi connectivity index (χ0) is 39.6. The standard InChI is InChI=1S/C55H35N5/c1-4-17-37(18-5-1)52-57-53(38-19-6-2-7-20-38)59-54(58-52)60-48-31-30-39(34-45(48)51-42-24-11-10-16-36(42)29-32-49(51)60)43-26-14-28-47-50(43)44-25-12-13-27-46(44)55(47,40-21-8-3-9-22-40)41-23-15-33-56-35-41/h1-35H. The number of benzene rings is 8. The van der Waals surface area contributed by atoms with Crippen molar-refractivity contribution in [1.29, 1.82) is 0 Å². The molecule has 1 aliphatic carbocycles. The van der Waals surface area contributed by atoms with Crippen LogP contribution in [-0.4, -0.2) is 24.5 Å². The van der Waals surface area contributed by atoms with E-state index in [9.17, 15) is 0 Å². The van der Waals surface area contributed by atoms with Gasteiger partial charge in [0.25, 0.3) is 0 Å². The minimum atomic E-state index is -0.542. The molecule has 60 heavy (non-hydrogen) atoms. The first kappa shape index (κ1) is 34.1. The van der Waals surface area contributed by atoms with E-state index < -0.39 is 5.41 Å². The lowest BCUT2D eigenvalue weighted by molar-refractivity contribution is 0.763. The zero-order valence-electron chi connectivity index (χ0n) is 32.4. The second kappa shape index (κ2) is 13.5. The van der Waals surface area contributed by atoms with Gasteiger partial charge in [-0.05, 0) is 79.5 Å². The van der Waals surface area contributed by atoms with Crippen LogP contribution in [0.15, 0.2) is 213 Å². The number of pyridine rings is 1. The maximum atomic E-state index is 5.21. The summed E-state index contributed by atoms with van der Waals surface area (Å²) >= 11 is 0. The topological polar surface area (TPSA) is 56.5 Å². The zero-order valence-corrected chi connectivity index (χ0v) is 32.4. The Kier molecular flexibility index (Phi) is 7.69. The molecule has 5 nitrogen and oxygen atoms in total. The summed E-state index contributed by atoms with van der Waals surface area (Å²) in [6, 6.07) is 71.2. The van der Waals surface area contributed by atoms with Crippen LogP contribution in [0, 0.1) is 0 Å². The molecule has 1 aliphatic rings. The van der Waals surface area contributed by atoms with Gasteiger partial charge in [0.15, 0.2) is 11.6 Å². The van der Waals surface area contributed by atoms with Gasteiger partial charge in [-0.25, -0.2) is 4.98 Å². The number of hydrogen-bond acceptors (Lipinski definition) is 4. The van der Waals surface area contributed by atoms with Crippen molar-refractivity contribution in [2.45, 2.75) is 5.41 Å². The minimum absolute atomic E-state index is 0.542. The van der Waals surface area contributed by atoms with Crippen molar-refractivity contribution in [2.75, 3.05) is 0 Å². The van der Waals surface area contributed by atoms with E-state index in [1.165, 1.54) is 44.2 Å². The van der Waals surface area contributed by atoms with Gasteiger partial charge in [-0.1, -0.05) is 176 Å². The molecule has 280 valence electrons. The van der Waals surface area contributed by atoms with Crippen molar-refractivity contribution in [2.24, 2.45) is 0 Å². The van der Waals surface area contributed by atoms with Gasteiger partial charge in [0, 0.05) is 34.3 Å². The normalized spacial score (nSPS) is 14.4. The molecule has 0 amide bonds. The van der Waals surface area contributed by atoms with E-state index in [4.69, 9.17) is 15.0 Å². The SMILES string of the molecule is c1ccc(-c2nc(-c3ccccc3)nc(-n3c4ccc(-c5cccc6c5-c5ccccc5C6(c5ccccc5)c5cccnc5)cc4c4c5ccccc5ccc43)n2)cc1. The predicted octanol–water partition coefficient (Wildman–Crippen LogP) is 12.9. The molecule has 12 rings (SSSR count). The highest BCUT2D eigenvalue weighted by Gasteiger charge is 2.47. The Morgan fingerprint density at radius 1 is 0.417 bits per heavy atom. The number of nitrogens with zero attached hydrogens (tertiary/aromatic N) is 5. The van der Waals surface area contributed by atoms with Crippen LogP contribution >= 0.6 is 0 Å². The average Bonchev–Trinajstić information content (AvgIpc) is 3.83. The Labute approximate surface area is 347 Å². The molecule has 1 unspecified atom stereocenters. The first-order valence-corrected chi connectivity index (χ1v) is 20.3. The van der Waals surface area contributed by atoms with Crippen LogP contribution in [0.2, 0.25) is 0 Å². The largest absolute Gasteiger partial charge is 0.278 e. The quantitative estimate of drug-likeness (QED) is 0.169. The molecule has 0 N–H and O–H groups in total. The van der Waals surface area contributed by atoms with E-state index >= 15 is 0 Å². The summed E-state index contributed by atoms with van der Waals surface area (Å²) in [4.78, 5) is 20.1. The Morgan fingerprint density at radius 2 is 1.05 bits per heavy atom. The van der Waals surface area contributed by atoms with Crippen LogP contribution in [0.3, 0.4) is 0 Å². The lowest BCUT2D eigenvalue weighted by atomic mass is 9.68. The van der Waals surface area contributed by atoms with E-state index in [1.54, 1.807) is 0 Å². The number of aromatic nitrogens is 5. The predicted molar refractivity (Wildman–Crippen MR) is 243 cm³/mol. The van der Waals surface area contributed by atoms with Crippen LogP contribution < -0.4 is 0 Å². The lowest BCUT2D eigenvalue weighted by Crippen LogP contribution is -2.28. The van der Waals surface area contributed by atoms with E-state index in [1.807, 2.05) is 48.8 Å². The maximum absolute atomic E-state index is 5.21. The van der Waals surface area contributed by atoms with Gasteiger partial charge in [0.05, 0.1) is 16.4 Å². The van der Waals surface area contributed by atoms with Gasteiger partial charge in [-0.3, -0.25) is 9.55 Å². The van der Waals surface area contributed by atoms with Crippen molar-refractivity contribution >= 4 is 32.6 Å². The average molecular weight is 766 g/mol. The molecule has 0 saturated carbocycles. The Bertz CT molecular complexity index is 3320. The summed E-state index contributed by atoms with van der Waals surface area (Å²) in [6.45, 7) is 0. The highest BCUT2D eigenvalue weighted by atomic mass is 15.2. The summed E-state index contributed by atoms with van der Waals surface area (Å²) in [5.41, 5.74) is 13.1. The van der Waals surface area contributed by atoms with Crippen LogP contribution in [0.5, 0.6) is 0 Å². The molecule has 11 aromatic rings. The second-order valence-corrected chi connectivity index (χ2v) is 15.4. The molecule has 0 saturated heterocycles. The summed E-state index contributed by atoms with van der Waals surface area (Å²) in [5.74, 6) is 1.83. The molecular weight excluding hydrogens is 731 g/mol. The molecule has 0 aliphatic heterocycles. The lowest BCUT2D eigenvalue weighted by Gasteiger charge is -2.33. The first-order chi connectivity index (χ1) is 29.8. The molecule has 0 bridgehead atoms. The van der Waals surface area contributed by atoms with Gasteiger partial charge in [-0.15, -0.1) is 0 Å². The smallest absolute Gasteiger partial charge is 0.238 e. The van der Waals surface area contributed by atoms with Gasteiger partial charge in [0.2, 0.25) is 5.95 Å².